The molecular weight excluding hydrogens is 420 g/mol. The van der Waals surface area contributed by atoms with Crippen LogP contribution in [0.3, 0.4) is 0 Å². The van der Waals surface area contributed by atoms with E-state index < -0.39 is 5.97 Å². The molecular formula is C21H24N4O3S2. The molecule has 1 N–H and O–H groups in total. The molecule has 0 spiro atoms. The van der Waals surface area contributed by atoms with Crippen LogP contribution in [0.15, 0.2) is 29.4 Å². The van der Waals surface area contributed by atoms with Gasteiger partial charge in [0.05, 0.1) is 18.4 Å². The van der Waals surface area contributed by atoms with Gasteiger partial charge in [-0.25, -0.2) is 4.79 Å². The summed E-state index contributed by atoms with van der Waals surface area (Å²) >= 11 is 2.69. The van der Waals surface area contributed by atoms with Crippen LogP contribution in [0.4, 0.5) is 5.00 Å². The topological polar surface area (TPSA) is 86.1 Å². The highest BCUT2D eigenvalue weighted by Gasteiger charge is 2.23. The summed E-state index contributed by atoms with van der Waals surface area (Å²) in [4.78, 5) is 25.8. The van der Waals surface area contributed by atoms with Crippen molar-refractivity contribution in [1.82, 2.24) is 14.8 Å². The predicted molar refractivity (Wildman–Crippen MR) is 120 cm³/mol. The number of carbonyl (C=O) groups excluding carboxylic acids is 2. The van der Waals surface area contributed by atoms with Gasteiger partial charge in [0.15, 0.2) is 11.0 Å². The Balaban J connectivity index is 1.72. The lowest BCUT2D eigenvalue weighted by molar-refractivity contribution is -0.113. The number of ether oxygens (including phenoxy) is 1. The van der Waals surface area contributed by atoms with Crippen LogP contribution >= 0.6 is 23.1 Å². The Morgan fingerprint density at radius 2 is 1.97 bits per heavy atom. The minimum atomic E-state index is -0.435. The second kappa shape index (κ2) is 9.44. The molecule has 0 radical (unpaired) electrons. The van der Waals surface area contributed by atoms with Gasteiger partial charge in [-0.2, -0.15) is 0 Å². The lowest BCUT2D eigenvalue weighted by Gasteiger charge is -2.08. The quantitative estimate of drug-likeness (QED) is 0.433. The summed E-state index contributed by atoms with van der Waals surface area (Å²) in [6.45, 7) is 5.94. The maximum Gasteiger partial charge on any atom is 0.341 e. The van der Waals surface area contributed by atoms with Gasteiger partial charge in [-0.3, -0.25) is 4.79 Å². The number of hydrogen-bond donors (Lipinski definition) is 1. The summed E-state index contributed by atoms with van der Waals surface area (Å²) in [7, 11) is 3.23. The number of methoxy groups -OCH3 is 1. The van der Waals surface area contributed by atoms with Crippen LogP contribution in [0.2, 0.25) is 0 Å². The van der Waals surface area contributed by atoms with Crippen LogP contribution in [0, 0.1) is 13.8 Å². The summed E-state index contributed by atoms with van der Waals surface area (Å²) in [5.74, 6) is 0.258. The Morgan fingerprint density at radius 3 is 2.63 bits per heavy atom. The molecule has 3 rings (SSSR count). The second-order valence-corrected chi connectivity index (χ2v) is 8.87. The molecule has 9 heteroatoms. The van der Waals surface area contributed by atoms with Crippen molar-refractivity contribution >= 4 is 40.0 Å². The first-order valence-electron chi connectivity index (χ1n) is 9.45. The molecule has 0 saturated carbocycles. The number of amides is 1. The standard InChI is InChI=1S/C21H24N4O3S2/c1-6-14-13(3)30-19(17(14)20(27)28-5)22-16(26)11-29-21-24-23-18(25(21)4)15-10-8-7-9-12(15)2/h7-10H,6,11H2,1-5H3,(H,22,26). The van der Waals surface area contributed by atoms with Gasteiger partial charge in [-0.15, -0.1) is 21.5 Å². The number of rotatable bonds is 7. The van der Waals surface area contributed by atoms with Gasteiger partial charge in [0.2, 0.25) is 5.91 Å². The zero-order chi connectivity index (χ0) is 21.8. The number of aromatic nitrogens is 3. The Kier molecular flexibility index (Phi) is 6.94. The number of esters is 1. The largest absolute Gasteiger partial charge is 0.465 e. The van der Waals surface area contributed by atoms with Crippen molar-refractivity contribution in [3.8, 4) is 11.4 Å². The number of aryl methyl sites for hydroxylation is 2. The van der Waals surface area contributed by atoms with Gasteiger partial charge >= 0.3 is 5.97 Å². The van der Waals surface area contributed by atoms with Crippen molar-refractivity contribution in [2.45, 2.75) is 32.3 Å². The molecule has 2 aromatic heterocycles. The SMILES string of the molecule is CCc1c(C)sc(NC(=O)CSc2nnc(-c3ccccc3C)n2C)c1C(=O)OC. The minimum absolute atomic E-state index is 0.152. The maximum atomic E-state index is 12.6. The maximum absolute atomic E-state index is 12.6. The number of anilines is 1. The summed E-state index contributed by atoms with van der Waals surface area (Å²) in [6.07, 6.45) is 0.692. The van der Waals surface area contributed by atoms with Crippen LogP contribution in [0.1, 0.15) is 33.3 Å². The van der Waals surface area contributed by atoms with Gasteiger partial charge in [-0.1, -0.05) is 43.0 Å². The molecule has 2 heterocycles. The van der Waals surface area contributed by atoms with Crippen molar-refractivity contribution < 1.29 is 14.3 Å². The van der Waals surface area contributed by atoms with Crippen LogP contribution in [0.5, 0.6) is 0 Å². The molecule has 7 nitrogen and oxygen atoms in total. The molecule has 0 fully saturated rings. The van der Waals surface area contributed by atoms with Crippen molar-refractivity contribution in [1.29, 1.82) is 0 Å². The molecule has 0 aliphatic rings. The fraction of sp³-hybridized carbons (Fsp3) is 0.333. The molecule has 30 heavy (non-hydrogen) atoms. The molecule has 0 bridgehead atoms. The van der Waals surface area contributed by atoms with Crippen LogP contribution < -0.4 is 5.32 Å². The number of carbonyl (C=O) groups is 2. The highest BCUT2D eigenvalue weighted by atomic mass is 32.2. The van der Waals surface area contributed by atoms with Gasteiger partial charge in [0, 0.05) is 17.5 Å². The number of thioether (sulfide) groups is 1. The number of hydrogen-bond acceptors (Lipinski definition) is 7. The highest BCUT2D eigenvalue weighted by Crippen LogP contribution is 2.34. The van der Waals surface area contributed by atoms with Gasteiger partial charge < -0.3 is 14.6 Å². The Labute approximate surface area is 183 Å². The van der Waals surface area contributed by atoms with E-state index in [-0.39, 0.29) is 11.7 Å². The van der Waals surface area contributed by atoms with Crippen LogP contribution in [-0.2, 0) is 23.0 Å². The Hall–Kier alpha value is -2.65. The molecule has 1 amide bonds. The first-order valence-corrected chi connectivity index (χ1v) is 11.3. The fourth-order valence-corrected chi connectivity index (χ4v) is 5.06. The molecule has 1 aromatic carbocycles. The first-order chi connectivity index (χ1) is 14.4. The molecule has 0 atom stereocenters. The third kappa shape index (κ3) is 4.41. The molecule has 0 aliphatic carbocycles. The van der Waals surface area contributed by atoms with Gasteiger partial charge in [0.1, 0.15) is 5.00 Å². The summed E-state index contributed by atoms with van der Waals surface area (Å²) < 4.78 is 6.78. The molecule has 0 aliphatic heterocycles. The number of thiophene rings is 1. The van der Waals surface area contributed by atoms with Gasteiger partial charge in [0.25, 0.3) is 0 Å². The van der Waals surface area contributed by atoms with Crippen molar-refractivity contribution in [3.05, 3.63) is 45.8 Å². The smallest absolute Gasteiger partial charge is 0.341 e. The Morgan fingerprint density at radius 1 is 1.23 bits per heavy atom. The second-order valence-electron chi connectivity index (χ2n) is 6.70. The monoisotopic (exact) mass is 444 g/mol. The van der Waals surface area contributed by atoms with E-state index in [4.69, 9.17) is 4.74 Å². The lowest BCUT2D eigenvalue weighted by Crippen LogP contribution is -2.16. The average molecular weight is 445 g/mol. The highest BCUT2D eigenvalue weighted by molar-refractivity contribution is 7.99. The first kappa shape index (κ1) is 22.0. The normalized spacial score (nSPS) is 10.8. The minimum Gasteiger partial charge on any atom is -0.465 e. The number of nitrogens with zero attached hydrogens (tertiary/aromatic N) is 3. The van der Waals surface area contributed by atoms with Crippen molar-refractivity contribution in [3.63, 3.8) is 0 Å². The number of benzene rings is 1. The molecule has 3 aromatic rings. The third-order valence-corrected chi connectivity index (χ3v) is 6.84. The van der Waals surface area contributed by atoms with Crippen molar-refractivity contribution in [2.75, 3.05) is 18.2 Å². The third-order valence-electron chi connectivity index (χ3n) is 4.76. The van der Waals surface area contributed by atoms with Crippen LogP contribution in [-0.4, -0.2) is 39.5 Å². The summed E-state index contributed by atoms with van der Waals surface area (Å²) in [6, 6.07) is 7.97. The van der Waals surface area contributed by atoms with E-state index in [1.165, 1.54) is 30.2 Å². The zero-order valence-electron chi connectivity index (χ0n) is 17.6. The Bertz CT molecular complexity index is 1090. The summed E-state index contributed by atoms with van der Waals surface area (Å²) in [5.41, 5.74) is 3.47. The lowest BCUT2D eigenvalue weighted by atomic mass is 10.1. The van der Waals surface area contributed by atoms with Crippen molar-refractivity contribution in [2.24, 2.45) is 7.05 Å². The van der Waals surface area contributed by atoms with E-state index in [2.05, 4.69) is 15.5 Å². The molecule has 0 saturated heterocycles. The van der Waals surface area contributed by atoms with E-state index >= 15 is 0 Å². The van der Waals surface area contributed by atoms with E-state index in [0.717, 1.165) is 27.4 Å². The van der Waals surface area contributed by atoms with E-state index in [0.29, 0.717) is 22.1 Å². The molecule has 0 unspecified atom stereocenters. The fourth-order valence-electron chi connectivity index (χ4n) is 3.20. The van der Waals surface area contributed by atoms with E-state index in [1.54, 1.807) is 0 Å². The zero-order valence-corrected chi connectivity index (χ0v) is 19.2. The van der Waals surface area contributed by atoms with Gasteiger partial charge in [-0.05, 0) is 31.4 Å². The molecule has 158 valence electrons. The van der Waals surface area contributed by atoms with E-state index in [9.17, 15) is 9.59 Å². The average Bonchev–Trinajstić information content (AvgIpc) is 3.25. The summed E-state index contributed by atoms with van der Waals surface area (Å²) in [5, 5.41) is 12.5. The van der Waals surface area contributed by atoms with E-state index in [1.807, 2.05) is 56.7 Å². The van der Waals surface area contributed by atoms with Crippen LogP contribution in [0.25, 0.3) is 11.4 Å². The predicted octanol–water partition coefficient (Wildman–Crippen LogP) is 4.24. The number of nitrogens with one attached hydrogen (secondary N) is 1.